The van der Waals surface area contributed by atoms with Crippen molar-refractivity contribution in [2.75, 3.05) is 5.32 Å². The molecule has 0 bridgehead atoms. The van der Waals surface area contributed by atoms with Crippen LogP contribution in [0.2, 0.25) is 0 Å². The minimum Gasteiger partial charge on any atom is -0.453 e. The Morgan fingerprint density at radius 1 is 1.07 bits per heavy atom. The van der Waals surface area contributed by atoms with Gasteiger partial charge in [0.15, 0.2) is 11.9 Å². The maximum Gasteiger partial charge on any atom is 0.416 e. The molecule has 0 aliphatic carbocycles. The van der Waals surface area contributed by atoms with Gasteiger partial charge in [0.25, 0.3) is 5.91 Å². The zero-order chi connectivity index (χ0) is 20.9. The number of hydrogen-bond acceptors (Lipinski definition) is 5. The van der Waals surface area contributed by atoms with Crippen LogP contribution >= 0.6 is 11.3 Å². The van der Waals surface area contributed by atoms with Crippen molar-refractivity contribution in [3.05, 3.63) is 51.7 Å². The summed E-state index contributed by atoms with van der Waals surface area (Å²) in [5.41, 5.74) is -0.695. The number of carbonyl (C=O) groups is 3. The molecular formula is C19H18F3NO4S. The lowest BCUT2D eigenvalue weighted by atomic mass is 10.2. The maximum atomic E-state index is 12.5. The second-order valence-corrected chi connectivity index (χ2v) is 7.32. The van der Waals surface area contributed by atoms with Gasteiger partial charge in [-0.2, -0.15) is 13.2 Å². The van der Waals surface area contributed by atoms with Crippen molar-refractivity contribution in [1.82, 2.24) is 0 Å². The highest BCUT2D eigenvalue weighted by atomic mass is 32.1. The Morgan fingerprint density at radius 2 is 1.71 bits per heavy atom. The number of aryl methyl sites for hydroxylation is 1. The highest BCUT2D eigenvalue weighted by Gasteiger charge is 2.30. The molecule has 0 aliphatic heterocycles. The number of thiophene rings is 1. The molecule has 150 valence electrons. The molecule has 1 N–H and O–H groups in total. The van der Waals surface area contributed by atoms with Crippen molar-refractivity contribution in [3.63, 3.8) is 0 Å². The van der Waals surface area contributed by atoms with Gasteiger partial charge in [-0.3, -0.25) is 14.4 Å². The first-order chi connectivity index (χ1) is 13.1. The number of esters is 1. The average molecular weight is 413 g/mol. The molecule has 0 aliphatic rings. The molecule has 9 heteroatoms. The fourth-order valence-corrected chi connectivity index (χ4v) is 3.05. The SMILES string of the molecule is Cc1ccc(C(=O)CCC(=O)OC(C)C(=O)Nc2ccc(C(F)(F)F)cc2)s1. The Hall–Kier alpha value is -2.68. The number of hydrogen-bond donors (Lipinski definition) is 1. The van der Waals surface area contributed by atoms with Gasteiger partial charge in [0.05, 0.1) is 16.9 Å². The fourth-order valence-electron chi connectivity index (χ4n) is 2.22. The van der Waals surface area contributed by atoms with Gasteiger partial charge in [-0.1, -0.05) is 0 Å². The van der Waals surface area contributed by atoms with Gasteiger partial charge < -0.3 is 10.1 Å². The van der Waals surface area contributed by atoms with Crippen molar-refractivity contribution >= 4 is 34.7 Å². The van der Waals surface area contributed by atoms with Crippen LogP contribution in [-0.2, 0) is 20.5 Å². The first-order valence-electron chi connectivity index (χ1n) is 8.33. The lowest BCUT2D eigenvalue weighted by molar-refractivity contribution is -0.153. The zero-order valence-corrected chi connectivity index (χ0v) is 15.9. The predicted octanol–water partition coefficient (Wildman–Crippen LogP) is 4.61. The standard InChI is InChI=1S/C19H18F3NO4S/c1-11-3-9-16(28-11)15(24)8-10-17(25)27-12(2)18(26)23-14-6-4-13(5-7-14)19(20,21)22/h3-7,9,12H,8,10H2,1-2H3,(H,23,26). The number of anilines is 1. The van der Waals surface area contributed by atoms with E-state index in [2.05, 4.69) is 5.32 Å². The van der Waals surface area contributed by atoms with Crippen LogP contribution in [0.3, 0.4) is 0 Å². The van der Waals surface area contributed by atoms with Gasteiger partial charge >= 0.3 is 12.1 Å². The normalized spacial score (nSPS) is 12.3. The second kappa shape index (κ2) is 9.01. The molecule has 28 heavy (non-hydrogen) atoms. The first kappa shape index (κ1) is 21.6. The number of alkyl halides is 3. The number of Topliss-reactive ketones (excluding diaryl/α,β-unsaturated/α-hetero) is 1. The van der Waals surface area contributed by atoms with Crippen LogP contribution in [0, 0.1) is 6.92 Å². The van der Waals surface area contributed by atoms with Gasteiger partial charge in [-0.15, -0.1) is 11.3 Å². The van der Waals surface area contributed by atoms with E-state index >= 15 is 0 Å². The third kappa shape index (κ3) is 6.19. The van der Waals surface area contributed by atoms with Crippen molar-refractivity contribution in [3.8, 4) is 0 Å². The third-order valence-electron chi connectivity index (χ3n) is 3.73. The highest BCUT2D eigenvalue weighted by Crippen LogP contribution is 2.29. The maximum absolute atomic E-state index is 12.5. The summed E-state index contributed by atoms with van der Waals surface area (Å²) in [6.07, 6.45) is -5.83. The quantitative estimate of drug-likeness (QED) is 0.532. The molecule has 1 aromatic heterocycles. The molecule has 1 amide bonds. The summed E-state index contributed by atoms with van der Waals surface area (Å²) in [5, 5.41) is 2.37. The summed E-state index contributed by atoms with van der Waals surface area (Å²) in [6, 6.07) is 7.39. The van der Waals surface area contributed by atoms with Gasteiger partial charge in [-0.05, 0) is 50.2 Å². The molecule has 1 atom stereocenters. The number of amides is 1. The Kier molecular flexibility index (Phi) is 6.95. The van der Waals surface area contributed by atoms with Crippen LogP contribution in [-0.4, -0.2) is 23.8 Å². The molecule has 5 nitrogen and oxygen atoms in total. The Balaban J connectivity index is 1.81. The largest absolute Gasteiger partial charge is 0.453 e. The summed E-state index contributed by atoms with van der Waals surface area (Å²) >= 11 is 1.33. The number of ether oxygens (including phenoxy) is 1. The van der Waals surface area contributed by atoms with E-state index in [1.165, 1.54) is 18.3 Å². The van der Waals surface area contributed by atoms with Gasteiger partial charge in [0.2, 0.25) is 0 Å². The lowest BCUT2D eigenvalue weighted by Gasteiger charge is -2.14. The molecule has 0 spiro atoms. The molecule has 2 aromatic rings. The van der Waals surface area contributed by atoms with E-state index in [0.717, 1.165) is 29.1 Å². The van der Waals surface area contributed by atoms with Crippen LogP contribution in [0.15, 0.2) is 36.4 Å². The first-order valence-corrected chi connectivity index (χ1v) is 9.15. The molecule has 0 fully saturated rings. The monoisotopic (exact) mass is 413 g/mol. The minimum atomic E-state index is -4.47. The van der Waals surface area contributed by atoms with Gasteiger partial charge in [-0.25, -0.2) is 0 Å². The second-order valence-electron chi connectivity index (χ2n) is 6.03. The Bertz CT molecular complexity index is 859. The predicted molar refractivity (Wildman–Crippen MR) is 98.2 cm³/mol. The summed E-state index contributed by atoms with van der Waals surface area (Å²) in [4.78, 5) is 37.4. The van der Waals surface area contributed by atoms with E-state index in [4.69, 9.17) is 4.74 Å². The van der Waals surface area contributed by atoms with Crippen molar-refractivity contribution in [2.24, 2.45) is 0 Å². The fraction of sp³-hybridized carbons (Fsp3) is 0.316. The summed E-state index contributed by atoms with van der Waals surface area (Å²) in [5.74, 6) is -1.58. The summed E-state index contributed by atoms with van der Waals surface area (Å²) in [7, 11) is 0. The number of nitrogens with one attached hydrogen (secondary N) is 1. The average Bonchev–Trinajstić information content (AvgIpc) is 3.05. The molecular weight excluding hydrogens is 395 g/mol. The van der Waals surface area contributed by atoms with Gasteiger partial charge in [0, 0.05) is 17.0 Å². The van der Waals surface area contributed by atoms with E-state index in [1.54, 1.807) is 6.07 Å². The highest BCUT2D eigenvalue weighted by molar-refractivity contribution is 7.14. The summed E-state index contributed by atoms with van der Waals surface area (Å²) < 4.78 is 42.5. The molecule has 0 radical (unpaired) electrons. The number of carbonyl (C=O) groups excluding carboxylic acids is 3. The molecule has 1 aromatic carbocycles. The number of rotatable bonds is 7. The van der Waals surface area contributed by atoms with Crippen LogP contribution in [0.4, 0.5) is 18.9 Å². The summed E-state index contributed by atoms with van der Waals surface area (Å²) in [6.45, 7) is 3.20. The Labute approximate surface area is 163 Å². The minimum absolute atomic E-state index is 0.0357. The van der Waals surface area contributed by atoms with Gasteiger partial charge in [0.1, 0.15) is 0 Å². The topological polar surface area (TPSA) is 72.5 Å². The Morgan fingerprint density at radius 3 is 2.25 bits per heavy atom. The molecule has 2 rings (SSSR count). The van der Waals surface area contributed by atoms with Crippen LogP contribution in [0.5, 0.6) is 0 Å². The van der Waals surface area contributed by atoms with Crippen molar-refractivity contribution in [1.29, 1.82) is 0 Å². The molecule has 0 saturated heterocycles. The van der Waals surface area contributed by atoms with Crippen LogP contribution < -0.4 is 5.32 Å². The van der Waals surface area contributed by atoms with Crippen molar-refractivity contribution < 1.29 is 32.3 Å². The third-order valence-corrected chi connectivity index (χ3v) is 4.77. The molecule has 1 heterocycles. The number of halogens is 3. The number of benzene rings is 1. The zero-order valence-electron chi connectivity index (χ0n) is 15.1. The van der Waals surface area contributed by atoms with E-state index in [1.807, 2.05) is 13.0 Å². The smallest absolute Gasteiger partial charge is 0.416 e. The van der Waals surface area contributed by atoms with E-state index in [9.17, 15) is 27.6 Å². The van der Waals surface area contributed by atoms with Crippen LogP contribution in [0.1, 0.15) is 39.9 Å². The van der Waals surface area contributed by atoms with Crippen molar-refractivity contribution in [2.45, 2.75) is 39.0 Å². The number of ketones is 1. The molecule has 0 saturated carbocycles. The van der Waals surface area contributed by atoms with E-state index in [-0.39, 0.29) is 24.3 Å². The lowest BCUT2D eigenvalue weighted by Crippen LogP contribution is -2.30. The van der Waals surface area contributed by atoms with E-state index < -0.39 is 29.7 Å². The van der Waals surface area contributed by atoms with E-state index in [0.29, 0.717) is 4.88 Å². The van der Waals surface area contributed by atoms with Crippen LogP contribution in [0.25, 0.3) is 0 Å². The molecule has 1 unspecified atom stereocenters.